The molecule has 5 heteroatoms. The van der Waals surface area contributed by atoms with Gasteiger partial charge in [-0.15, -0.1) is 0 Å². The van der Waals surface area contributed by atoms with Gasteiger partial charge in [-0.3, -0.25) is 0 Å². The van der Waals surface area contributed by atoms with Crippen molar-refractivity contribution in [3.63, 3.8) is 0 Å². The second-order valence-corrected chi connectivity index (χ2v) is 3.15. The van der Waals surface area contributed by atoms with Gasteiger partial charge in [-0.1, -0.05) is 0 Å². The van der Waals surface area contributed by atoms with Gasteiger partial charge in [0.1, 0.15) is 5.82 Å². The quantitative estimate of drug-likeness (QED) is 0.758. The fourth-order valence-electron chi connectivity index (χ4n) is 1.02. The highest BCUT2D eigenvalue weighted by molar-refractivity contribution is 5.42. The molecule has 0 saturated carbocycles. The molecule has 0 aliphatic heterocycles. The molecule has 5 nitrogen and oxygen atoms in total. The number of aromatic nitrogens is 2. The molecule has 78 valence electrons. The molecule has 0 unspecified atom stereocenters. The van der Waals surface area contributed by atoms with Crippen LogP contribution in [0, 0.1) is 0 Å². The van der Waals surface area contributed by atoms with Gasteiger partial charge in [-0.2, -0.15) is 9.97 Å². The van der Waals surface area contributed by atoms with Crippen molar-refractivity contribution in [3.05, 3.63) is 6.07 Å². The Hall–Kier alpha value is -1.52. The minimum Gasteiger partial charge on any atom is -0.475 e. The normalized spacial score (nSPS) is 10.3. The molecule has 0 amide bonds. The molecular weight excluding hydrogens is 180 g/mol. The molecule has 0 spiro atoms. The van der Waals surface area contributed by atoms with E-state index in [4.69, 9.17) is 10.5 Å². The fraction of sp³-hybridized carbons (Fsp3) is 0.556. The lowest BCUT2D eigenvalue weighted by atomic mass is 10.4. The van der Waals surface area contributed by atoms with Crippen molar-refractivity contribution in [2.45, 2.75) is 26.9 Å². The molecule has 0 aliphatic rings. The molecule has 1 aromatic heterocycles. The van der Waals surface area contributed by atoms with Gasteiger partial charge in [0.2, 0.25) is 11.8 Å². The van der Waals surface area contributed by atoms with Crippen LogP contribution in [0.25, 0.3) is 0 Å². The van der Waals surface area contributed by atoms with Gasteiger partial charge in [-0.25, -0.2) is 0 Å². The number of rotatable bonds is 4. The first-order chi connectivity index (χ1) is 6.61. The zero-order valence-electron chi connectivity index (χ0n) is 8.74. The van der Waals surface area contributed by atoms with Crippen molar-refractivity contribution in [2.24, 2.45) is 0 Å². The van der Waals surface area contributed by atoms with Crippen molar-refractivity contribution in [1.82, 2.24) is 9.97 Å². The third-order valence-corrected chi connectivity index (χ3v) is 1.43. The van der Waals surface area contributed by atoms with Crippen molar-refractivity contribution in [1.29, 1.82) is 0 Å². The molecule has 1 aromatic rings. The van der Waals surface area contributed by atoms with Gasteiger partial charge >= 0.3 is 0 Å². The van der Waals surface area contributed by atoms with Gasteiger partial charge in [0.05, 0.1) is 6.10 Å². The minimum atomic E-state index is 0.0822. The Kier molecular flexibility index (Phi) is 3.50. The number of hydrogen-bond donors (Lipinski definition) is 2. The van der Waals surface area contributed by atoms with E-state index in [0.29, 0.717) is 11.7 Å². The summed E-state index contributed by atoms with van der Waals surface area (Å²) in [6, 6.07) is 1.74. The first kappa shape index (κ1) is 10.6. The van der Waals surface area contributed by atoms with E-state index in [1.165, 1.54) is 0 Å². The molecule has 0 aliphatic carbocycles. The Morgan fingerprint density at radius 3 is 2.79 bits per heavy atom. The predicted octanol–water partition coefficient (Wildman–Crippen LogP) is 1.28. The van der Waals surface area contributed by atoms with Crippen molar-refractivity contribution in [2.75, 3.05) is 17.6 Å². The summed E-state index contributed by atoms with van der Waals surface area (Å²) in [5.41, 5.74) is 5.52. The number of hydrogen-bond acceptors (Lipinski definition) is 5. The van der Waals surface area contributed by atoms with Crippen LogP contribution < -0.4 is 15.8 Å². The third kappa shape index (κ3) is 3.08. The Bertz CT molecular complexity index is 301. The number of anilines is 2. The number of nitrogen functional groups attached to an aromatic ring is 1. The SMILES string of the molecule is CCNc1cc(OC(C)C)nc(N)n1. The molecule has 0 saturated heterocycles. The molecule has 0 radical (unpaired) electrons. The van der Waals surface area contributed by atoms with Crippen LogP contribution in [0.5, 0.6) is 5.88 Å². The largest absolute Gasteiger partial charge is 0.475 e. The third-order valence-electron chi connectivity index (χ3n) is 1.43. The van der Waals surface area contributed by atoms with Crippen LogP contribution in [-0.2, 0) is 0 Å². The van der Waals surface area contributed by atoms with Crippen LogP contribution in [0.3, 0.4) is 0 Å². The van der Waals surface area contributed by atoms with Gasteiger partial charge < -0.3 is 15.8 Å². The molecule has 1 heterocycles. The Balaban J connectivity index is 2.83. The Labute approximate surface area is 83.7 Å². The Morgan fingerprint density at radius 2 is 2.21 bits per heavy atom. The smallest absolute Gasteiger partial charge is 0.225 e. The summed E-state index contributed by atoms with van der Waals surface area (Å²) in [7, 11) is 0. The maximum Gasteiger partial charge on any atom is 0.225 e. The summed E-state index contributed by atoms with van der Waals surface area (Å²) in [4.78, 5) is 7.97. The summed E-state index contributed by atoms with van der Waals surface area (Å²) in [6.45, 7) is 6.65. The lowest BCUT2D eigenvalue weighted by molar-refractivity contribution is 0.233. The first-order valence-electron chi connectivity index (χ1n) is 4.67. The van der Waals surface area contributed by atoms with E-state index in [1.807, 2.05) is 20.8 Å². The second kappa shape index (κ2) is 4.64. The lowest BCUT2D eigenvalue weighted by Gasteiger charge is -2.10. The van der Waals surface area contributed by atoms with E-state index >= 15 is 0 Å². The van der Waals surface area contributed by atoms with Crippen molar-refractivity contribution >= 4 is 11.8 Å². The van der Waals surface area contributed by atoms with E-state index in [0.717, 1.165) is 6.54 Å². The summed E-state index contributed by atoms with van der Waals surface area (Å²) in [6.07, 6.45) is 0.0822. The number of ether oxygens (including phenoxy) is 1. The van der Waals surface area contributed by atoms with Gasteiger partial charge in [-0.05, 0) is 20.8 Å². The molecule has 0 bridgehead atoms. The predicted molar refractivity (Wildman–Crippen MR) is 56.4 cm³/mol. The zero-order valence-corrected chi connectivity index (χ0v) is 8.74. The first-order valence-corrected chi connectivity index (χ1v) is 4.67. The maximum absolute atomic E-state index is 5.52. The average molecular weight is 196 g/mol. The summed E-state index contributed by atoms with van der Waals surface area (Å²) in [5.74, 6) is 1.42. The zero-order chi connectivity index (χ0) is 10.6. The summed E-state index contributed by atoms with van der Waals surface area (Å²) < 4.78 is 5.41. The molecule has 3 N–H and O–H groups in total. The van der Waals surface area contributed by atoms with E-state index in [9.17, 15) is 0 Å². The van der Waals surface area contributed by atoms with Crippen molar-refractivity contribution in [3.8, 4) is 5.88 Å². The van der Waals surface area contributed by atoms with E-state index in [2.05, 4.69) is 15.3 Å². The van der Waals surface area contributed by atoms with Gasteiger partial charge in [0.15, 0.2) is 0 Å². The highest BCUT2D eigenvalue weighted by Gasteiger charge is 2.03. The minimum absolute atomic E-state index is 0.0822. The number of nitrogens with two attached hydrogens (primary N) is 1. The monoisotopic (exact) mass is 196 g/mol. The van der Waals surface area contributed by atoms with Crippen molar-refractivity contribution < 1.29 is 4.74 Å². The highest BCUT2D eigenvalue weighted by atomic mass is 16.5. The van der Waals surface area contributed by atoms with Crippen LogP contribution in [-0.4, -0.2) is 22.6 Å². The molecular formula is C9H16N4O. The van der Waals surface area contributed by atoms with Gasteiger partial charge in [0.25, 0.3) is 0 Å². The van der Waals surface area contributed by atoms with E-state index in [-0.39, 0.29) is 12.1 Å². The summed E-state index contributed by atoms with van der Waals surface area (Å²) >= 11 is 0. The van der Waals surface area contributed by atoms with E-state index in [1.54, 1.807) is 6.07 Å². The maximum atomic E-state index is 5.52. The van der Waals surface area contributed by atoms with Crippen LogP contribution in [0.15, 0.2) is 6.07 Å². The highest BCUT2D eigenvalue weighted by Crippen LogP contribution is 2.15. The fourth-order valence-corrected chi connectivity index (χ4v) is 1.02. The number of nitrogens with zero attached hydrogens (tertiary/aromatic N) is 2. The van der Waals surface area contributed by atoms with Crippen LogP contribution in [0.1, 0.15) is 20.8 Å². The van der Waals surface area contributed by atoms with Crippen LogP contribution in [0.4, 0.5) is 11.8 Å². The molecule has 1 rings (SSSR count). The molecule has 0 atom stereocenters. The topological polar surface area (TPSA) is 73.1 Å². The summed E-state index contributed by atoms with van der Waals surface area (Å²) in [5, 5.41) is 3.05. The average Bonchev–Trinajstić information content (AvgIpc) is 2.01. The molecule has 0 aromatic carbocycles. The standard InChI is InChI=1S/C9H16N4O/c1-4-11-7-5-8(14-6(2)3)13-9(10)12-7/h5-6H,4H2,1-3H3,(H3,10,11,12,13). The van der Waals surface area contributed by atoms with E-state index < -0.39 is 0 Å². The molecule has 0 fully saturated rings. The van der Waals surface area contributed by atoms with Crippen LogP contribution >= 0.6 is 0 Å². The van der Waals surface area contributed by atoms with Gasteiger partial charge in [0, 0.05) is 12.6 Å². The lowest BCUT2D eigenvalue weighted by Crippen LogP contribution is -2.10. The molecule has 14 heavy (non-hydrogen) atoms. The number of nitrogens with one attached hydrogen (secondary N) is 1. The van der Waals surface area contributed by atoms with Crippen LogP contribution in [0.2, 0.25) is 0 Å². The Morgan fingerprint density at radius 1 is 1.50 bits per heavy atom. The second-order valence-electron chi connectivity index (χ2n) is 3.15.